The molecule has 2 heterocycles. The zero-order valence-corrected chi connectivity index (χ0v) is 13.2. The first-order chi connectivity index (χ1) is 11.0. The van der Waals surface area contributed by atoms with Crippen LogP contribution < -0.4 is 5.73 Å². The largest absolute Gasteiger partial charge is 0.366 e. The second-order valence-electron chi connectivity index (χ2n) is 5.44. The number of amides is 1. The summed E-state index contributed by atoms with van der Waals surface area (Å²) in [4.78, 5) is 15.3. The Morgan fingerprint density at radius 1 is 1.13 bits per heavy atom. The van der Waals surface area contributed by atoms with Crippen LogP contribution in [0.1, 0.15) is 34.8 Å². The van der Waals surface area contributed by atoms with Crippen molar-refractivity contribution in [3.05, 3.63) is 59.9 Å². The first kappa shape index (κ1) is 15.6. The van der Waals surface area contributed by atoms with Crippen molar-refractivity contribution in [3.8, 4) is 0 Å². The molecule has 1 atom stereocenters. The molecule has 0 bridgehead atoms. The van der Waals surface area contributed by atoms with Gasteiger partial charge in [-0.3, -0.25) is 9.78 Å². The smallest absolute Gasteiger partial charge is 0.248 e. The molecule has 3 rings (SSSR count). The highest BCUT2D eigenvalue weighted by molar-refractivity contribution is 7.89. The van der Waals surface area contributed by atoms with Crippen molar-refractivity contribution in [2.75, 3.05) is 6.54 Å². The Morgan fingerprint density at radius 2 is 1.78 bits per heavy atom. The first-order valence-corrected chi connectivity index (χ1v) is 8.76. The van der Waals surface area contributed by atoms with Gasteiger partial charge >= 0.3 is 0 Å². The number of hydrogen-bond acceptors (Lipinski definition) is 4. The van der Waals surface area contributed by atoms with E-state index in [2.05, 4.69) is 4.98 Å². The summed E-state index contributed by atoms with van der Waals surface area (Å²) >= 11 is 0. The Hall–Kier alpha value is -2.25. The van der Waals surface area contributed by atoms with Crippen LogP contribution in [0.3, 0.4) is 0 Å². The molecule has 1 aliphatic heterocycles. The maximum atomic E-state index is 12.9. The van der Waals surface area contributed by atoms with Gasteiger partial charge in [-0.15, -0.1) is 0 Å². The predicted octanol–water partition coefficient (Wildman–Crippen LogP) is 1.71. The van der Waals surface area contributed by atoms with Gasteiger partial charge in [-0.25, -0.2) is 8.42 Å². The van der Waals surface area contributed by atoms with E-state index >= 15 is 0 Å². The van der Waals surface area contributed by atoms with Crippen LogP contribution in [0.2, 0.25) is 0 Å². The molecule has 0 unspecified atom stereocenters. The standard InChI is InChI=1S/C16H17N3O3S/c17-16(20)13-3-5-14(6-4-13)23(21,22)19-11-1-2-15(19)12-7-9-18-10-8-12/h3-10,15H,1-2,11H2,(H2,17,20)/t15-/m0/s1. The number of carbonyl (C=O) groups excluding carboxylic acids is 1. The van der Waals surface area contributed by atoms with Crippen LogP contribution in [0.5, 0.6) is 0 Å². The maximum Gasteiger partial charge on any atom is 0.248 e. The summed E-state index contributed by atoms with van der Waals surface area (Å²) in [7, 11) is -3.62. The van der Waals surface area contributed by atoms with E-state index in [0.717, 1.165) is 18.4 Å². The fourth-order valence-electron chi connectivity index (χ4n) is 2.87. The molecular weight excluding hydrogens is 314 g/mol. The lowest BCUT2D eigenvalue weighted by Gasteiger charge is -2.24. The lowest BCUT2D eigenvalue weighted by molar-refractivity contribution is 0.1000. The average Bonchev–Trinajstić information content (AvgIpc) is 3.06. The summed E-state index contributed by atoms with van der Waals surface area (Å²) < 4.78 is 27.3. The number of hydrogen-bond donors (Lipinski definition) is 1. The topological polar surface area (TPSA) is 93.4 Å². The summed E-state index contributed by atoms with van der Waals surface area (Å²) in [5.74, 6) is -0.579. The van der Waals surface area contributed by atoms with E-state index in [4.69, 9.17) is 5.73 Å². The Balaban J connectivity index is 1.93. The van der Waals surface area contributed by atoms with Gasteiger partial charge < -0.3 is 5.73 Å². The summed E-state index contributed by atoms with van der Waals surface area (Å²) in [6.45, 7) is 0.479. The summed E-state index contributed by atoms with van der Waals surface area (Å²) in [5.41, 5.74) is 6.42. The summed E-state index contributed by atoms with van der Waals surface area (Å²) in [6.07, 6.45) is 4.93. The number of rotatable bonds is 4. The summed E-state index contributed by atoms with van der Waals surface area (Å²) in [5, 5.41) is 0. The van der Waals surface area contributed by atoms with E-state index in [-0.39, 0.29) is 16.5 Å². The Morgan fingerprint density at radius 3 is 2.39 bits per heavy atom. The van der Waals surface area contributed by atoms with Gasteiger partial charge in [0.05, 0.1) is 10.9 Å². The fourth-order valence-corrected chi connectivity index (χ4v) is 4.56. The van der Waals surface area contributed by atoms with Crippen LogP contribution in [0.25, 0.3) is 0 Å². The van der Waals surface area contributed by atoms with Crippen LogP contribution >= 0.6 is 0 Å². The number of primary amides is 1. The van der Waals surface area contributed by atoms with E-state index in [1.807, 2.05) is 12.1 Å². The zero-order chi connectivity index (χ0) is 16.4. The molecule has 0 spiro atoms. The van der Waals surface area contributed by atoms with Crippen molar-refractivity contribution in [1.29, 1.82) is 0 Å². The molecule has 120 valence electrons. The van der Waals surface area contributed by atoms with Crippen molar-refractivity contribution in [2.24, 2.45) is 5.73 Å². The predicted molar refractivity (Wildman–Crippen MR) is 85.1 cm³/mol. The molecule has 1 aliphatic rings. The van der Waals surface area contributed by atoms with E-state index in [9.17, 15) is 13.2 Å². The minimum atomic E-state index is -3.62. The van der Waals surface area contributed by atoms with Crippen LogP contribution in [-0.2, 0) is 10.0 Å². The van der Waals surface area contributed by atoms with Gasteiger partial charge in [-0.1, -0.05) is 0 Å². The summed E-state index contributed by atoms with van der Waals surface area (Å²) in [6, 6.07) is 9.23. The van der Waals surface area contributed by atoms with E-state index in [0.29, 0.717) is 6.54 Å². The highest BCUT2D eigenvalue weighted by Crippen LogP contribution is 2.36. The third kappa shape index (κ3) is 2.97. The zero-order valence-electron chi connectivity index (χ0n) is 12.4. The molecule has 1 aromatic carbocycles. The number of aromatic nitrogens is 1. The molecule has 7 heteroatoms. The molecule has 1 fully saturated rings. The van der Waals surface area contributed by atoms with Gasteiger partial charge in [0.25, 0.3) is 0 Å². The molecule has 1 aromatic heterocycles. The number of pyridine rings is 1. The number of nitrogens with zero attached hydrogens (tertiary/aromatic N) is 2. The monoisotopic (exact) mass is 331 g/mol. The maximum absolute atomic E-state index is 12.9. The number of carbonyl (C=O) groups is 1. The average molecular weight is 331 g/mol. The third-order valence-corrected chi connectivity index (χ3v) is 5.96. The molecule has 0 saturated carbocycles. The van der Waals surface area contributed by atoms with Gasteiger partial charge in [-0.2, -0.15) is 4.31 Å². The molecule has 0 radical (unpaired) electrons. The van der Waals surface area contributed by atoms with Gasteiger partial charge in [0.2, 0.25) is 15.9 Å². The van der Waals surface area contributed by atoms with Gasteiger partial charge in [0.15, 0.2) is 0 Å². The van der Waals surface area contributed by atoms with Crippen molar-refractivity contribution in [1.82, 2.24) is 9.29 Å². The Bertz CT molecular complexity index is 804. The highest BCUT2D eigenvalue weighted by Gasteiger charge is 2.36. The Kier molecular flexibility index (Phi) is 4.14. The number of nitrogens with two attached hydrogens (primary N) is 1. The van der Waals surface area contributed by atoms with E-state index in [1.165, 1.54) is 28.6 Å². The minimum absolute atomic E-state index is 0.170. The molecule has 1 amide bonds. The fraction of sp³-hybridized carbons (Fsp3) is 0.250. The lowest BCUT2D eigenvalue weighted by atomic mass is 10.1. The quantitative estimate of drug-likeness (QED) is 0.923. The van der Waals surface area contributed by atoms with Crippen LogP contribution in [0.15, 0.2) is 53.7 Å². The van der Waals surface area contributed by atoms with Gasteiger partial charge in [-0.05, 0) is 54.8 Å². The number of sulfonamides is 1. The number of benzene rings is 1. The Labute approximate surface area is 135 Å². The lowest BCUT2D eigenvalue weighted by Crippen LogP contribution is -2.30. The van der Waals surface area contributed by atoms with E-state index < -0.39 is 15.9 Å². The minimum Gasteiger partial charge on any atom is -0.366 e. The van der Waals surface area contributed by atoms with Crippen LogP contribution in [0, 0.1) is 0 Å². The third-order valence-electron chi connectivity index (χ3n) is 4.04. The highest BCUT2D eigenvalue weighted by atomic mass is 32.2. The SMILES string of the molecule is NC(=O)c1ccc(S(=O)(=O)N2CCC[C@H]2c2ccncc2)cc1. The normalized spacial score (nSPS) is 18.9. The van der Waals surface area contributed by atoms with Gasteiger partial charge in [0.1, 0.15) is 0 Å². The van der Waals surface area contributed by atoms with Crippen LogP contribution in [-0.4, -0.2) is 30.2 Å². The molecule has 0 aliphatic carbocycles. The second kappa shape index (κ2) is 6.10. The molecular formula is C16H17N3O3S. The van der Waals surface area contributed by atoms with Crippen molar-refractivity contribution in [3.63, 3.8) is 0 Å². The van der Waals surface area contributed by atoms with E-state index in [1.54, 1.807) is 12.4 Å². The molecule has 2 N–H and O–H groups in total. The molecule has 2 aromatic rings. The van der Waals surface area contributed by atoms with Crippen molar-refractivity contribution < 1.29 is 13.2 Å². The molecule has 1 saturated heterocycles. The van der Waals surface area contributed by atoms with Gasteiger partial charge in [0, 0.05) is 24.5 Å². The molecule has 23 heavy (non-hydrogen) atoms. The first-order valence-electron chi connectivity index (χ1n) is 7.32. The second-order valence-corrected chi connectivity index (χ2v) is 7.33. The van der Waals surface area contributed by atoms with Crippen LogP contribution in [0.4, 0.5) is 0 Å². The molecule has 6 nitrogen and oxygen atoms in total. The van der Waals surface area contributed by atoms with Crippen molar-refractivity contribution in [2.45, 2.75) is 23.8 Å². The van der Waals surface area contributed by atoms with Crippen molar-refractivity contribution >= 4 is 15.9 Å².